The number of carbonyl (C=O) groups excluding carboxylic acids is 3. The SMILES string of the molecule is COC(=O)N[C@H]1[C@@H](C)O[C@@H](O[C@H]2C/C=C(\C)[C@H]3C=C[C@@H]4[C@@H](O[C@H]5C[C@@H](O[C@H]6C[C@@H](O)[C@@H](O[C@@H]7C[C@@H](O)[C@@H](OC)[C@H](C)O7)[C@H](C)O6)[C@@H](O)[C@H](C)O5)[C@@H](C)C[C@H](C)[C@@H]4[C@@]3(C)/C(O)=C3\C(=O)O[C@@]4(C[C@@H](C)C(CO)=C[C@H]4/C=C/2C)C3=O)C[C@]1(C)NO. The third-order valence-electron chi connectivity index (χ3n) is 20.2. The Labute approximate surface area is 487 Å². The van der Waals surface area contributed by atoms with E-state index in [1.165, 1.54) is 14.2 Å². The number of rotatable bonds is 12. The number of esters is 1. The van der Waals surface area contributed by atoms with Crippen LogP contribution in [0.2, 0.25) is 0 Å². The Morgan fingerprint density at radius 3 is 2.00 bits per heavy atom. The van der Waals surface area contributed by atoms with Crippen LogP contribution in [0.15, 0.2) is 58.4 Å². The number of ether oxygens (including phenoxy) is 11. The molecule has 1 saturated carbocycles. The number of methoxy groups -OCH3 is 2. The van der Waals surface area contributed by atoms with E-state index in [4.69, 9.17) is 52.1 Å². The number of hydrogen-bond donors (Lipinski definition) is 8. The van der Waals surface area contributed by atoms with E-state index in [0.29, 0.717) is 24.0 Å². The van der Waals surface area contributed by atoms with Gasteiger partial charge in [-0.1, -0.05) is 63.6 Å². The molecule has 4 aliphatic carbocycles. The molecule has 6 fully saturated rings. The van der Waals surface area contributed by atoms with Crippen molar-refractivity contribution < 1.29 is 97.2 Å². The van der Waals surface area contributed by atoms with Crippen LogP contribution in [0.1, 0.15) is 121 Å². The van der Waals surface area contributed by atoms with Crippen molar-refractivity contribution in [3.63, 3.8) is 0 Å². The van der Waals surface area contributed by atoms with E-state index in [1.54, 1.807) is 40.7 Å². The molecule has 1 amide bonds. The summed E-state index contributed by atoms with van der Waals surface area (Å²) in [5.74, 6) is -4.72. The number of hydroxylamine groups is 1. The fraction of sp³-hybridized carbons (Fsp3) is 0.787. The lowest BCUT2D eigenvalue weighted by Gasteiger charge is -2.56. The van der Waals surface area contributed by atoms with Crippen molar-refractivity contribution >= 4 is 17.8 Å². The smallest absolute Gasteiger partial charge is 0.407 e. The lowest BCUT2D eigenvalue weighted by Crippen LogP contribution is -2.67. The second-order valence-electron chi connectivity index (χ2n) is 25.9. The Bertz CT molecular complexity index is 2510. The summed E-state index contributed by atoms with van der Waals surface area (Å²) in [4.78, 5) is 42.7. The molecule has 5 heterocycles. The highest BCUT2D eigenvalue weighted by Crippen LogP contribution is 2.61. The maximum Gasteiger partial charge on any atom is 0.407 e. The fourth-order valence-electron chi connectivity index (χ4n) is 15.8. The number of Topliss-reactive ketones (excluding diaryl/α,β-unsaturated/α-hetero) is 1. The van der Waals surface area contributed by atoms with Gasteiger partial charge in [-0.05, 0) is 96.1 Å². The van der Waals surface area contributed by atoms with E-state index in [2.05, 4.69) is 36.8 Å². The fourth-order valence-corrected chi connectivity index (χ4v) is 15.8. The Kier molecular flexibility index (Phi) is 19.4. The van der Waals surface area contributed by atoms with Crippen LogP contribution in [-0.2, 0) is 61.7 Å². The zero-order valence-corrected chi connectivity index (χ0v) is 50.3. The minimum Gasteiger partial charge on any atom is -0.511 e. The normalized spacial score (nSPS) is 49.8. The van der Waals surface area contributed by atoms with Crippen LogP contribution in [-0.4, -0.2) is 185 Å². The highest BCUT2D eigenvalue weighted by molar-refractivity contribution is 6.26. The zero-order chi connectivity index (χ0) is 60.4. The minimum absolute atomic E-state index is 0.0261. The molecule has 5 aliphatic heterocycles. The summed E-state index contributed by atoms with van der Waals surface area (Å²) < 4.78 is 68.3. The maximum absolute atomic E-state index is 15.6. The lowest BCUT2D eigenvalue weighted by molar-refractivity contribution is -0.335. The van der Waals surface area contributed by atoms with E-state index in [0.717, 1.165) is 5.57 Å². The summed E-state index contributed by atoms with van der Waals surface area (Å²) in [7, 11) is 2.76. The van der Waals surface area contributed by atoms with Crippen molar-refractivity contribution in [1.29, 1.82) is 0 Å². The topological polar surface area (TPSA) is 298 Å². The molecular weight excluding hydrogens is 1080 g/mol. The number of aliphatic hydroxyl groups excluding tert-OH is 5. The average molecular weight is 1170 g/mol. The molecule has 27 atom stereocenters. The van der Waals surface area contributed by atoms with Gasteiger partial charge in [-0.25, -0.2) is 9.59 Å². The Balaban J connectivity index is 1.01. The zero-order valence-electron chi connectivity index (χ0n) is 50.3. The number of ketones is 1. The number of allylic oxidation sites excluding steroid dienone is 3. The molecular formula is C61H92N2O20. The average Bonchev–Trinajstić information content (AvgIpc) is 3.96. The molecule has 5 saturated heterocycles. The predicted octanol–water partition coefficient (Wildman–Crippen LogP) is 5.28. The summed E-state index contributed by atoms with van der Waals surface area (Å²) in [5, 5.41) is 70.8. The second-order valence-corrected chi connectivity index (χ2v) is 25.9. The molecule has 22 nitrogen and oxygen atoms in total. The van der Waals surface area contributed by atoms with Gasteiger partial charge in [0.1, 0.15) is 29.6 Å². The van der Waals surface area contributed by atoms with E-state index < -0.39 is 168 Å². The van der Waals surface area contributed by atoms with Gasteiger partial charge in [0.15, 0.2) is 30.8 Å². The first-order chi connectivity index (χ1) is 39.2. The van der Waals surface area contributed by atoms with Gasteiger partial charge < -0.3 is 88.2 Å². The van der Waals surface area contributed by atoms with Crippen LogP contribution in [0, 0.1) is 46.8 Å². The molecule has 0 aromatic heterocycles. The number of alkyl carbamates (subject to hydrolysis) is 1. The first-order valence-electron chi connectivity index (χ1n) is 29.8. The molecule has 8 N–H and O–H groups in total. The number of nitrogens with one attached hydrogen (secondary N) is 2. The van der Waals surface area contributed by atoms with Gasteiger partial charge in [-0.2, -0.15) is 5.48 Å². The third-order valence-corrected chi connectivity index (χ3v) is 20.2. The lowest BCUT2D eigenvalue weighted by atomic mass is 9.49. The van der Waals surface area contributed by atoms with E-state index in [9.17, 15) is 40.3 Å². The van der Waals surface area contributed by atoms with Gasteiger partial charge in [-0.15, -0.1) is 0 Å². The quantitative estimate of drug-likeness (QED) is 0.0534. The van der Waals surface area contributed by atoms with Crippen LogP contribution < -0.4 is 10.8 Å². The molecule has 9 aliphatic rings. The summed E-state index contributed by atoms with van der Waals surface area (Å²) in [5.41, 5.74) is -0.0548. The highest BCUT2D eigenvalue weighted by atomic mass is 16.7. The van der Waals surface area contributed by atoms with Crippen molar-refractivity contribution in [1.82, 2.24) is 10.8 Å². The minimum atomic E-state index is -1.77. The maximum atomic E-state index is 15.6. The van der Waals surface area contributed by atoms with Gasteiger partial charge in [0, 0.05) is 62.4 Å². The Hall–Kier alpha value is -3.69. The standard InChI is InChI=1S/C61H92N2O20/c1-27-14-17-42(79-47-25-59(10,63-72)54(35(9)78-47)62-58(71)74-13)28(2)19-37-20-36(26-64)31(5)24-61(37)56(69)48(57(70)83-61)55(68)60(11)39(27)16-15-38-49(60)29(3)18-30(4)51(38)81-46-23-43(50(67)32(6)75-46)80-44-22-41(66)53(34(8)77-44)82-45-21-40(65)52(73-12)33(7)76-45/h14-16,19-20,29-35,37-47,49-54,63-68,72H,17-18,21-26H2,1-13H3,(H,62,71)/b27-14+,28-19+,55-48+/t29-,30-,31+,32-,33-,34-,35+,37+,38-,39+,40+,41+,42-,43+,44-,45+,46-,47-,49-,50-,51-,52-,53-,54-,59-,60-,61+/m0/s1. The second kappa shape index (κ2) is 25.2. The summed E-state index contributed by atoms with van der Waals surface area (Å²) in [6.45, 7) is 20.3. The van der Waals surface area contributed by atoms with Crippen molar-refractivity contribution in [2.75, 3.05) is 20.8 Å². The van der Waals surface area contributed by atoms with Crippen molar-refractivity contribution in [2.45, 2.75) is 237 Å². The van der Waals surface area contributed by atoms with Crippen LogP contribution in [0.5, 0.6) is 0 Å². The summed E-state index contributed by atoms with van der Waals surface area (Å²) in [6.07, 6.45) is -1.85. The van der Waals surface area contributed by atoms with Crippen LogP contribution >= 0.6 is 0 Å². The van der Waals surface area contributed by atoms with Crippen molar-refractivity contribution in [2.24, 2.45) is 46.8 Å². The van der Waals surface area contributed by atoms with Gasteiger partial charge in [0.25, 0.3) is 0 Å². The van der Waals surface area contributed by atoms with Crippen LogP contribution in [0.4, 0.5) is 4.79 Å². The Morgan fingerprint density at radius 1 is 0.735 bits per heavy atom. The number of aliphatic hydroxyl groups is 5. The first-order valence-corrected chi connectivity index (χ1v) is 29.8. The number of carbonyl (C=O) groups is 3. The van der Waals surface area contributed by atoms with Gasteiger partial charge in [0.2, 0.25) is 5.78 Å². The van der Waals surface area contributed by atoms with Gasteiger partial charge >= 0.3 is 12.1 Å². The molecule has 22 heteroatoms. The number of fused-ring (bicyclic) bond motifs is 4. The van der Waals surface area contributed by atoms with E-state index >= 15 is 4.79 Å². The molecule has 0 unspecified atom stereocenters. The van der Waals surface area contributed by atoms with E-state index in [1.807, 2.05) is 39.8 Å². The molecule has 9 rings (SSSR count). The van der Waals surface area contributed by atoms with Crippen molar-refractivity contribution in [3.8, 4) is 0 Å². The molecule has 0 radical (unpaired) electrons. The molecule has 83 heavy (non-hydrogen) atoms. The monoisotopic (exact) mass is 1170 g/mol. The number of amides is 1. The Morgan fingerprint density at radius 2 is 1.36 bits per heavy atom. The third kappa shape index (κ3) is 12.1. The highest BCUT2D eigenvalue weighted by Gasteiger charge is 2.64. The molecule has 466 valence electrons. The molecule has 0 aromatic rings. The van der Waals surface area contributed by atoms with Gasteiger partial charge in [-0.3, -0.25) is 4.79 Å². The molecule has 1 spiro atoms. The number of hydrogen-bond acceptors (Lipinski definition) is 21. The van der Waals surface area contributed by atoms with Crippen LogP contribution in [0.25, 0.3) is 0 Å². The van der Waals surface area contributed by atoms with Crippen LogP contribution in [0.3, 0.4) is 0 Å². The predicted molar refractivity (Wildman–Crippen MR) is 295 cm³/mol. The molecule has 2 bridgehead atoms. The summed E-state index contributed by atoms with van der Waals surface area (Å²) in [6, 6.07) is -0.720. The first kappa shape index (κ1) is 63.8. The molecule has 0 aromatic carbocycles. The summed E-state index contributed by atoms with van der Waals surface area (Å²) >= 11 is 0. The van der Waals surface area contributed by atoms with E-state index in [-0.39, 0.29) is 62.2 Å². The van der Waals surface area contributed by atoms with Gasteiger partial charge in [0.05, 0.1) is 80.2 Å². The van der Waals surface area contributed by atoms with Crippen molar-refractivity contribution in [3.05, 3.63) is 58.4 Å². The largest absolute Gasteiger partial charge is 0.511 e.